The average Bonchev–Trinajstić information content (AvgIpc) is 2.47. The Balaban J connectivity index is 1.87. The Morgan fingerprint density at radius 1 is 1.33 bits per heavy atom. The van der Waals surface area contributed by atoms with Crippen LogP contribution in [0, 0.1) is 11.8 Å². The second kappa shape index (κ2) is 2.83. The number of rotatable bonds is 0. The molecule has 15 heavy (non-hydrogen) atoms. The van der Waals surface area contributed by atoms with Gasteiger partial charge in [0.2, 0.25) is 0 Å². The number of alkyl halides is 2. The first-order valence-corrected chi connectivity index (χ1v) is 5.07. The van der Waals surface area contributed by atoms with Crippen LogP contribution >= 0.6 is 0 Å². The molecule has 0 radical (unpaired) electrons. The van der Waals surface area contributed by atoms with E-state index in [-0.39, 0.29) is 13.1 Å². The average molecular weight is 219 g/mol. The summed E-state index contributed by atoms with van der Waals surface area (Å²) in [5, 5.41) is 0. The lowest BCUT2D eigenvalue weighted by Crippen LogP contribution is -2.38. The van der Waals surface area contributed by atoms with E-state index in [2.05, 4.69) is 0 Å². The van der Waals surface area contributed by atoms with Gasteiger partial charge in [0, 0.05) is 13.1 Å². The summed E-state index contributed by atoms with van der Waals surface area (Å²) >= 11 is 0. The molecule has 1 saturated heterocycles. The summed E-state index contributed by atoms with van der Waals surface area (Å²) in [5.74, 6) is -3.81. The minimum Gasteiger partial charge on any atom is -0.444 e. The van der Waals surface area contributed by atoms with Crippen LogP contribution in [0.15, 0.2) is 0 Å². The van der Waals surface area contributed by atoms with Gasteiger partial charge in [-0.2, -0.15) is 0 Å². The van der Waals surface area contributed by atoms with E-state index in [1.807, 2.05) is 0 Å². The van der Waals surface area contributed by atoms with E-state index in [0.717, 1.165) is 0 Å². The van der Waals surface area contributed by atoms with Gasteiger partial charge in [-0.1, -0.05) is 0 Å². The van der Waals surface area contributed by atoms with Gasteiger partial charge in [0.05, 0.1) is 11.8 Å². The molecule has 1 aliphatic heterocycles. The van der Waals surface area contributed by atoms with E-state index in [1.54, 1.807) is 20.8 Å². The molecular weight excluding hydrogens is 204 g/mol. The molecule has 1 amide bonds. The van der Waals surface area contributed by atoms with Gasteiger partial charge in [-0.3, -0.25) is 0 Å². The monoisotopic (exact) mass is 219 g/mol. The zero-order valence-corrected chi connectivity index (χ0v) is 9.09. The number of ether oxygens (including phenoxy) is 1. The summed E-state index contributed by atoms with van der Waals surface area (Å²) in [7, 11) is 0. The lowest BCUT2D eigenvalue weighted by Gasteiger charge is -2.25. The number of carbonyl (C=O) groups excluding carboxylic acids is 1. The Bertz CT molecular complexity index is 284. The van der Waals surface area contributed by atoms with E-state index in [9.17, 15) is 13.6 Å². The highest BCUT2D eigenvalue weighted by Gasteiger charge is 2.72. The third kappa shape index (κ3) is 1.79. The lowest BCUT2D eigenvalue weighted by atomic mass is 10.2. The molecule has 0 N–H and O–H groups in total. The maximum Gasteiger partial charge on any atom is 0.410 e. The smallest absolute Gasteiger partial charge is 0.410 e. The van der Waals surface area contributed by atoms with Crippen LogP contribution in [-0.4, -0.2) is 35.6 Å². The van der Waals surface area contributed by atoms with E-state index in [4.69, 9.17) is 4.74 Å². The Labute approximate surface area is 87.4 Å². The quantitative estimate of drug-likeness (QED) is 0.624. The molecule has 2 aliphatic rings. The van der Waals surface area contributed by atoms with Crippen LogP contribution in [0.2, 0.25) is 0 Å². The summed E-state index contributed by atoms with van der Waals surface area (Å²) < 4.78 is 30.8. The molecule has 5 heteroatoms. The summed E-state index contributed by atoms with van der Waals surface area (Å²) in [6.07, 6.45) is -0.481. The molecule has 0 aromatic rings. The number of hydrogen-bond acceptors (Lipinski definition) is 2. The zero-order chi connectivity index (χ0) is 11.4. The fraction of sp³-hybridized carbons (Fsp3) is 0.900. The standard InChI is InChI=1S/C10H15F2NO2/c1-9(2,3)15-8(14)13-4-6-7(5-13)10(6,11)12/h6-7H,4-5H2,1-3H3. The first kappa shape index (κ1) is 10.6. The van der Waals surface area contributed by atoms with Gasteiger partial charge < -0.3 is 9.64 Å². The summed E-state index contributed by atoms with van der Waals surface area (Å²) in [6, 6.07) is 0. The number of halogens is 2. The molecular formula is C10H15F2NO2. The van der Waals surface area contributed by atoms with Crippen LogP contribution in [0.4, 0.5) is 13.6 Å². The van der Waals surface area contributed by atoms with Gasteiger partial charge in [0.15, 0.2) is 0 Å². The number of carbonyl (C=O) groups is 1. The van der Waals surface area contributed by atoms with Gasteiger partial charge in [-0.25, -0.2) is 13.6 Å². The van der Waals surface area contributed by atoms with Crippen molar-refractivity contribution in [3.05, 3.63) is 0 Å². The van der Waals surface area contributed by atoms with E-state index >= 15 is 0 Å². The molecule has 0 aromatic heterocycles. The summed E-state index contributed by atoms with van der Waals surface area (Å²) in [5.41, 5.74) is -0.563. The highest BCUT2D eigenvalue weighted by Crippen LogP contribution is 2.59. The highest BCUT2D eigenvalue weighted by atomic mass is 19.3. The Morgan fingerprint density at radius 3 is 2.20 bits per heavy atom. The van der Waals surface area contributed by atoms with Crippen molar-refractivity contribution in [1.29, 1.82) is 0 Å². The number of piperidine rings is 1. The number of nitrogens with zero attached hydrogens (tertiary/aromatic N) is 1. The van der Waals surface area contributed by atoms with Crippen molar-refractivity contribution in [3.63, 3.8) is 0 Å². The van der Waals surface area contributed by atoms with Crippen LogP contribution in [0.3, 0.4) is 0 Å². The van der Waals surface area contributed by atoms with Crippen LogP contribution in [0.1, 0.15) is 20.8 Å². The SMILES string of the molecule is CC(C)(C)OC(=O)N1CC2C(C1)C2(F)F. The van der Waals surface area contributed by atoms with Crippen LogP contribution in [0.25, 0.3) is 0 Å². The highest BCUT2D eigenvalue weighted by molar-refractivity contribution is 5.69. The predicted molar refractivity (Wildman–Crippen MR) is 49.7 cm³/mol. The van der Waals surface area contributed by atoms with Crippen molar-refractivity contribution >= 4 is 6.09 Å². The van der Waals surface area contributed by atoms with Crippen molar-refractivity contribution in [2.24, 2.45) is 11.8 Å². The second-order valence-corrected chi connectivity index (χ2v) is 5.27. The van der Waals surface area contributed by atoms with Gasteiger partial charge in [0.1, 0.15) is 5.60 Å². The summed E-state index contributed by atoms with van der Waals surface area (Å²) in [6.45, 7) is 5.54. The number of likely N-dealkylation sites (tertiary alicyclic amines) is 1. The lowest BCUT2D eigenvalue weighted by molar-refractivity contribution is 0.0120. The van der Waals surface area contributed by atoms with Gasteiger partial charge in [-0.05, 0) is 20.8 Å². The molecule has 3 nitrogen and oxygen atoms in total. The molecule has 1 aliphatic carbocycles. The van der Waals surface area contributed by atoms with Gasteiger partial charge in [0.25, 0.3) is 5.92 Å². The van der Waals surface area contributed by atoms with E-state index < -0.39 is 29.5 Å². The number of amides is 1. The van der Waals surface area contributed by atoms with Gasteiger partial charge >= 0.3 is 6.09 Å². The van der Waals surface area contributed by atoms with Crippen LogP contribution in [-0.2, 0) is 4.74 Å². The first-order chi connectivity index (χ1) is 6.72. The van der Waals surface area contributed by atoms with Crippen LogP contribution < -0.4 is 0 Å². The third-order valence-electron chi connectivity index (χ3n) is 2.85. The third-order valence-corrected chi connectivity index (χ3v) is 2.85. The molecule has 1 saturated carbocycles. The fourth-order valence-corrected chi connectivity index (χ4v) is 1.98. The Morgan fingerprint density at radius 2 is 1.80 bits per heavy atom. The molecule has 0 bridgehead atoms. The van der Waals surface area contributed by atoms with Crippen molar-refractivity contribution < 1.29 is 18.3 Å². The Kier molecular flexibility index (Phi) is 2.01. The molecule has 0 aromatic carbocycles. The van der Waals surface area contributed by atoms with Crippen molar-refractivity contribution in [3.8, 4) is 0 Å². The Hall–Kier alpha value is -0.870. The fourth-order valence-electron chi connectivity index (χ4n) is 1.98. The van der Waals surface area contributed by atoms with Crippen LogP contribution in [0.5, 0.6) is 0 Å². The molecule has 2 fully saturated rings. The first-order valence-electron chi connectivity index (χ1n) is 5.07. The molecule has 86 valence electrons. The van der Waals surface area contributed by atoms with E-state index in [1.165, 1.54) is 4.90 Å². The number of hydrogen-bond donors (Lipinski definition) is 0. The summed E-state index contributed by atoms with van der Waals surface area (Å²) in [4.78, 5) is 12.9. The maximum atomic E-state index is 12.8. The normalized spacial score (nSPS) is 32.5. The largest absolute Gasteiger partial charge is 0.444 e. The molecule has 2 atom stereocenters. The maximum absolute atomic E-state index is 12.8. The predicted octanol–water partition coefficient (Wildman–Crippen LogP) is 2.12. The minimum atomic E-state index is -2.54. The molecule has 2 unspecified atom stereocenters. The van der Waals surface area contributed by atoms with Gasteiger partial charge in [-0.15, -0.1) is 0 Å². The molecule has 2 rings (SSSR count). The molecule has 1 heterocycles. The van der Waals surface area contributed by atoms with Crippen molar-refractivity contribution in [2.75, 3.05) is 13.1 Å². The topological polar surface area (TPSA) is 29.5 Å². The van der Waals surface area contributed by atoms with E-state index in [0.29, 0.717) is 0 Å². The number of fused-ring (bicyclic) bond motifs is 1. The van der Waals surface area contributed by atoms with Crippen molar-refractivity contribution in [1.82, 2.24) is 4.90 Å². The zero-order valence-electron chi connectivity index (χ0n) is 9.09. The molecule has 0 spiro atoms. The van der Waals surface area contributed by atoms with Crippen molar-refractivity contribution in [2.45, 2.75) is 32.3 Å². The second-order valence-electron chi connectivity index (χ2n) is 5.27. The minimum absolute atomic E-state index is 0.132.